The number of halogens is 1. The molecule has 1 aliphatic rings. The van der Waals surface area contributed by atoms with E-state index in [4.69, 9.17) is 16.3 Å². The zero-order valence-corrected chi connectivity index (χ0v) is 15.3. The van der Waals surface area contributed by atoms with E-state index in [0.717, 1.165) is 11.4 Å². The lowest BCUT2D eigenvalue weighted by molar-refractivity contribution is -0.117. The number of hydrogen-bond acceptors (Lipinski definition) is 3. The molecule has 0 radical (unpaired) electrons. The molecule has 0 spiro atoms. The van der Waals surface area contributed by atoms with E-state index < -0.39 is 0 Å². The van der Waals surface area contributed by atoms with Crippen LogP contribution in [0.2, 0.25) is 5.02 Å². The number of nitrogens with one attached hydrogen (secondary N) is 1. The Morgan fingerprint density at radius 3 is 2.54 bits per heavy atom. The third kappa shape index (κ3) is 4.35. The van der Waals surface area contributed by atoms with Crippen molar-refractivity contribution >= 4 is 29.1 Å². The summed E-state index contributed by atoms with van der Waals surface area (Å²) in [6, 6.07) is 14.2. The van der Waals surface area contributed by atoms with Gasteiger partial charge in [0.2, 0.25) is 5.91 Å². The minimum atomic E-state index is -0.148. The van der Waals surface area contributed by atoms with E-state index in [2.05, 4.69) is 5.32 Å². The minimum absolute atomic E-state index is 0.0626. The van der Waals surface area contributed by atoms with Crippen molar-refractivity contribution < 1.29 is 14.3 Å². The zero-order chi connectivity index (χ0) is 18.5. The maximum absolute atomic E-state index is 12.3. The number of nitrogens with zero attached hydrogens (tertiary/aromatic N) is 1. The molecule has 0 aromatic heterocycles. The first kappa shape index (κ1) is 18.3. The third-order valence-electron chi connectivity index (χ3n) is 4.32. The number of benzene rings is 2. The molecule has 26 heavy (non-hydrogen) atoms. The van der Waals surface area contributed by atoms with Gasteiger partial charge in [0.1, 0.15) is 5.75 Å². The fourth-order valence-corrected chi connectivity index (χ4v) is 3.12. The number of anilines is 1. The Labute approximate surface area is 157 Å². The Hall–Kier alpha value is -2.53. The summed E-state index contributed by atoms with van der Waals surface area (Å²) in [6.45, 7) is 3.55. The number of ether oxygens (including phenoxy) is 1. The van der Waals surface area contributed by atoms with Gasteiger partial charge in [0.25, 0.3) is 5.91 Å². The van der Waals surface area contributed by atoms with E-state index >= 15 is 0 Å². The molecule has 2 aromatic rings. The van der Waals surface area contributed by atoms with E-state index in [9.17, 15) is 9.59 Å². The standard InChI is InChI=1S/C20H21ClN2O3/c1-2-26-18-9-3-15(4-10-18)20(25)22-12-14-11-19(24)23(13-14)17-7-5-16(21)6-8-17/h3-10,14H,2,11-13H2,1H3,(H,22,25). The molecule has 0 aliphatic carbocycles. The van der Waals surface area contributed by atoms with Crippen LogP contribution in [0.15, 0.2) is 48.5 Å². The lowest BCUT2D eigenvalue weighted by atomic mass is 10.1. The fraction of sp³-hybridized carbons (Fsp3) is 0.300. The van der Waals surface area contributed by atoms with Crippen molar-refractivity contribution in [1.82, 2.24) is 5.32 Å². The fourth-order valence-electron chi connectivity index (χ4n) is 3.00. The quantitative estimate of drug-likeness (QED) is 0.844. The van der Waals surface area contributed by atoms with Crippen molar-refractivity contribution in [3.63, 3.8) is 0 Å². The molecular formula is C20H21ClN2O3. The molecule has 1 atom stereocenters. The molecule has 1 N–H and O–H groups in total. The molecule has 2 amide bonds. The van der Waals surface area contributed by atoms with Crippen LogP contribution in [0.3, 0.4) is 0 Å². The molecule has 1 heterocycles. The van der Waals surface area contributed by atoms with Crippen LogP contribution in [0.25, 0.3) is 0 Å². The Bertz CT molecular complexity index is 775. The van der Waals surface area contributed by atoms with Crippen molar-refractivity contribution in [2.45, 2.75) is 13.3 Å². The summed E-state index contributed by atoms with van der Waals surface area (Å²) in [5, 5.41) is 3.55. The molecule has 1 aliphatic heterocycles. The molecule has 0 bridgehead atoms. The van der Waals surface area contributed by atoms with Gasteiger partial charge in [0.05, 0.1) is 6.61 Å². The van der Waals surface area contributed by atoms with Crippen molar-refractivity contribution in [3.8, 4) is 5.75 Å². The van der Waals surface area contributed by atoms with Crippen molar-refractivity contribution in [2.24, 2.45) is 5.92 Å². The molecule has 5 nitrogen and oxygen atoms in total. The Kier molecular flexibility index (Phi) is 5.78. The van der Waals surface area contributed by atoms with Crippen molar-refractivity contribution in [3.05, 3.63) is 59.1 Å². The van der Waals surface area contributed by atoms with Gasteiger partial charge in [0.15, 0.2) is 0 Å². The molecule has 0 saturated carbocycles. The number of carbonyl (C=O) groups is 2. The van der Waals surface area contributed by atoms with E-state index in [1.807, 2.05) is 19.1 Å². The summed E-state index contributed by atoms with van der Waals surface area (Å²) in [5.41, 5.74) is 1.41. The second-order valence-corrected chi connectivity index (χ2v) is 6.65. The predicted octanol–water partition coefficient (Wildman–Crippen LogP) is 3.52. The second kappa shape index (κ2) is 8.23. The highest BCUT2D eigenvalue weighted by molar-refractivity contribution is 6.30. The lowest BCUT2D eigenvalue weighted by Gasteiger charge is -2.17. The van der Waals surface area contributed by atoms with Crippen molar-refractivity contribution in [2.75, 3.05) is 24.6 Å². The first-order chi connectivity index (χ1) is 12.6. The Morgan fingerprint density at radius 2 is 1.88 bits per heavy atom. The number of hydrogen-bond donors (Lipinski definition) is 1. The van der Waals surface area contributed by atoms with Crippen LogP contribution in [-0.2, 0) is 4.79 Å². The molecule has 3 rings (SSSR count). The summed E-state index contributed by atoms with van der Waals surface area (Å²) >= 11 is 5.89. The highest BCUT2D eigenvalue weighted by atomic mass is 35.5. The Balaban J connectivity index is 1.54. The number of carbonyl (C=O) groups excluding carboxylic acids is 2. The Morgan fingerprint density at radius 1 is 1.19 bits per heavy atom. The van der Waals surface area contributed by atoms with Gasteiger partial charge in [-0.2, -0.15) is 0 Å². The maximum Gasteiger partial charge on any atom is 0.251 e. The molecule has 1 saturated heterocycles. The van der Waals surface area contributed by atoms with Crippen LogP contribution in [0.1, 0.15) is 23.7 Å². The van der Waals surface area contributed by atoms with Crippen LogP contribution < -0.4 is 15.0 Å². The predicted molar refractivity (Wildman–Crippen MR) is 102 cm³/mol. The first-order valence-electron chi connectivity index (χ1n) is 8.64. The minimum Gasteiger partial charge on any atom is -0.494 e. The lowest BCUT2D eigenvalue weighted by Crippen LogP contribution is -2.31. The van der Waals surface area contributed by atoms with Crippen LogP contribution >= 0.6 is 11.6 Å². The van der Waals surface area contributed by atoms with Gasteiger partial charge in [-0.15, -0.1) is 0 Å². The highest BCUT2D eigenvalue weighted by Crippen LogP contribution is 2.26. The summed E-state index contributed by atoms with van der Waals surface area (Å²) < 4.78 is 5.37. The van der Waals surface area contributed by atoms with Gasteiger partial charge in [-0.05, 0) is 55.5 Å². The second-order valence-electron chi connectivity index (χ2n) is 6.22. The maximum atomic E-state index is 12.3. The molecule has 1 unspecified atom stereocenters. The van der Waals surface area contributed by atoms with Gasteiger partial charge < -0.3 is 15.0 Å². The summed E-state index contributed by atoms with van der Waals surface area (Å²) in [5.74, 6) is 0.743. The summed E-state index contributed by atoms with van der Waals surface area (Å²) in [6.07, 6.45) is 0.423. The van der Waals surface area contributed by atoms with Gasteiger partial charge in [-0.25, -0.2) is 0 Å². The van der Waals surface area contributed by atoms with E-state index in [0.29, 0.717) is 36.7 Å². The van der Waals surface area contributed by atoms with Crippen LogP contribution in [-0.4, -0.2) is 31.5 Å². The van der Waals surface area contributed by atoms with Crippen LogP contribution in [0.4, 0.5) is 5.69 Å². The van der Waals surface area contributed by atoms with Crippen LogP contribution in [0, 0.1) is 5.92 Å². The van der Waals surface area contributed by atoms with Gasteiger partial charge >= 0.3 is 0 Å². The molecule has 136 valence electrons. The SMILES string of the molecule is CCOc1ccc(C(=O)NCC2CC(=O)N(c3ccc(Cl)cc3)C2)cc1. The van der Waals surface area contributed by atoms with Gasteiger partial charge in [-0.1, -0.05) is 11.6 Å². The summed E-state index contributed by atoms with van der Waals surface area (Å²) in [4.78, 5) is 26.3. The monoisotopic (exact) mass is 372 g/mol. The highest BCUT2D eigenvalue weighted by Gasteiger charge is 2.30. The average Bonchev–Trinajstić information content (AvgIpc) is 3.02. The van der Waals surface area contributed by atoms with Crippen molar-refractivity contribution in [1.29, 1.82) is 0 Å². The number of amides is 2. The zero-order valence-electron chi connectivity index (χ0n) is 14.6. The smallest absolute Gasteiger partial charge is 0.251 e. The van der Waals surface area contributed by atoms with Crippen LogP contribution in [0.5, 0.6) is 5.75 Å². The third-order valence-corrected chi connectivity index (χ3v) is 4.57. The molecule has 1 fully saturated rings. The molecule has 2 aromatic carbocycles. The molecule has 6 heteroatoms. The molecular weight excluding hydrogens is 352 g/mol. The van der Waals surface area contributed by atoms with Gasteiger partial charge in [-0.3, -0.25) is 9.59 Å². The average molecular weight is 373 g/mol. The first-order valence-corrected chi connectivity index (χ1v) is 9.01. The summed E-state index contributed by atoms with van der Waals surface area (Å²) in [7, 11) is 0. The normalized spacial score (nSPS) is 16.6. The van der Waals surface area contributed by atoms with E-state index in [1.54, 1.807) is 41.3 Å². The van der Waals surface area contributed by atoms with E-state index in [1.165, 1.54) is 0 Å². The van der Waals surface area contributed by atoms with Gasteiger partial charge in [0, 0.05) is 41.7 Å². The largest absolute Gasteiger partial charge is 0.494 e. The number of rotatable bonds is 6. The van der Waals surface area contributed by atoms with E-state index in [-0.39, 0.29) is 17.7 Å². The topological polar surface area (TPSA) is 58.6 Å².